The zero-order chi connectivity index (χ0) is 18.9. The Labute approximate surface area is 155 Å². The van der Waals surface area contributed by atoms with Gasteiger partial charge in [-0.25, -0.2) is 4.79 Å². The molecule has 2 atom stereocenters. The van der Waals surface area contributed by atoms with Crippen LogP contribution in [0.3, 0.4) is 0 Å². The van der Waals surface area contributed by atoms with Crippen LogP contribution in [0.2, 0.25) is 0 Å². The smallest absolute Gasteiger partial charge is 0.333 e. The van der Waals surface area contributed by atoms with E-state index in [1.165, 1.54) is 7.11 Å². The summed E-state index contributed by atoms with van der Waals surface area (Å²) in [4.78, 5) is 19.3. The quantitative estimate of drug-likeness (QED) is 0.764. The van der Waals surface area contributed by atoms with Gasteiger partial charge in [-0.3, -0.25) is 4.84 Å². The average Bonchev–Trinajstić information content (AvgIpc) is 2.64. The summed E-state index contributed by atoms with van der Waals surface area (Å²) >= 11 is 0. The third-order valence-electron chi connectivity index (χ3n) is 5.24. The first-order chi connectivity index (χ1) is 12.3. The molecule has 0 saturated carbocycles. The molecule has 0 fully saturated rings. The molecule has 0 bridgehead atoms. The second-order valence-electron chi connectivity index (χ2n) is 7.66. The van der Waals surface area contributed by atoms with Gasteiger partial charge in [0.2, 0.25) is 0 Å². The fourth-order valence-corrected chi connectivity index (χ4v) is 3.98. The fraction of sp³-hybridized carbons (Fsp3) is 0.409. The highest BCUT2D eigenvalue weighted by Crippen LogP contribution is 2.45. The largest absolute Gasteiger partial charge is 0.467 e. The lowest BCUT2D eigenvalue weighted by molar-refractivity contribution is -0.300. The normalized spacial score (nSPS) is 23.1. The van der Waals surface area contributed by atoms with Gasteiger partial charge in [0.1, 0.15) is 6.10 Å². The number of esters is 1. The molecule has 0 amide bonds. The topological polar surface area (TPSA) is 38.8 Å². The molecule has 0 aliphatic carbocycles. The van der Waals surface area contributed by atoms with Crippen LogP contribution < -0.4 is 0 Å². The minimum atomic E-state index is -1.02. The van der Waals surface area contributed by atoms with Gasteiger partial charge in [0.15, 0.2) is 5.54 Å². The maximum absolute atomic E-state index is 12.9. The molecule has 138 valence electrons. The van der Waals surface area contributed by atoms with Crippen LogP contribution in [0.25, 0.3) is 0 Å². The number of benzene rings is 2. The predicted octanol–water partition coefficient (Wildman–Crippen LogP) is 4.40. The van der Waals surface area contributed by atoms with Gasteiger partial charge in [-0.05, 0) is 50.8 Å². The Bertz CT molecular complexity index is 787. The highest BCUT2D eigenvalue weighted by Gasteiger charge is 2.54. The molecule has 1 heterocycles. The van der Waals surface area contributed by atoms with Crippen LogP contribution in [0.1, 0.15) is 50.5 Å². The summed E-state index contributed by atoms with van der Waals surface area (Å²) in [6, 6.07) is 18.1. The molecule has 1 aliphatic heterocycles. The average molecular weight is 353 g/mol. The maximum atomic E-state index is 12.9. The number of hydroxylamine groups is 2. The third kappa shape index (κ3) is 3.04. The van der Waals surface area contributed by atoms with Gasteiger partial charge in [-0.15, -0.1) is 0 Å². The highest BCUT2D eigenvalue weighted by atomic mass is 16.7. The number of carbonyl (C=O) groups is 1. The Morgan fingerprint density at radius 1 is 1.04 bits per heavy atom. The number of hydrogen-bond donors (Lipinski definition) is 0. The second kappa shape index (κ2) is 6.86. The van der Waals surface area contributed by atoms with Crippen molar-refractivity contribution in [3.63, 3.8) is 0 Å². The zero-order valence-electron chi connectivity index (χ0n) is 16.2. The summed E-state index contributed by atoms with van der Waals surface area (Å²) in [6.45, 7) is 8.09. The van der Waals surface area contributed by atoms with E-state index < -0.39 is 5.54 Å². The van der Waals surface area contributed by atoms with Crippen LogP contribution in [0.4, 0.5) is 0 Å². The van der Waals surface area contributed by atoms with E-state index in [4.69, 9.17) is 9.57 Å². The molecular weight excluding hydrogens is 326 g/mol. The molecule has 4 nitrogen and oxygen atoms in total. The van der Waals surface area contributed by atoms with E-state index in [1.54, 1.807) is 0 Å². The van der Waals surface area contributed by atoms with Crippen LogP contribution in [-0.4, -0.2) is 23.7 Å². The van der Waals surface area contributed by atoms with E-state index in [-0.39, 0.29) is 17.6 Å². The first-order valence-electron chi connectivity index (χ1n) is 8.99. The molecule has 0 spiro atoms. The van der Waals surface area contributed by atoms with E-state index in [9.17, 15) is 4.79 Å². The van der Waals surface area contributed by atoms with E-state index in [0.29, 0.717) is 0 Å². The van der Waals surface area contributed by atoms with Crippen LogP contribution >= 0.6 is 0 Å². The predicted molar refractivity (Wildman–Crippen MR) is 101 cm³/mol. The van der Waals surface area contributed by atoms with Gasteiger partial charge < -0.3 is 4.74 Å². The number of ether oxygens (including phenoxy) is 1. The molecule has 0 aromatic heterocycles. The fourth-order valence-electron chi connectivity index (χ4n) is 3.98. The van der Waals surface area contributed by atoms with Gasteiger partial charge in [-0.2, -0.15) is 5.06 Å². The lowest BCUT2D eigenvalue weighted by Crippen LogP contribution is -2.63. The minimum absolute atomic E-state index is 0.190. The Morgan fingerprint density at radius 3 is 2.31 bits per heavy atom. The van der Waals surface area contributed by atoms with Crippen molar-refractivity contribution in [2.45, 2.75) is 51.3 Å². The van der Waals surface area contributed by atoms with Gasteiger partial charge in [0.05, 0.1) is 7.11 Å². The van der Waals surface area contributed by atoms with Crippen molar-refractivity contribution >= 4 is 5.97 Å². The molecule has 2 unspecified atom stereocenters. The SMILES string of the molecule is COC(=O)C1(C)c2ccccc2CC(C)(C)N1OC(C)c1ccccc1. The molecule has 26 heavy (non-hydrogen) atoms. The monoisotopic (exact) mass is 353 g/mol. The summed E-state index contributed by atoms with van der Waals surface area (Å²) < 4.78 is 5.20. The standard InChI is InChI=1S/C22H27NO3/c1-16(17-11-7-6-8-12-17)26-23-21(2,3)15-18-13-9-10-14-19(18)22(23,4)20(24)25-5/h6-14,16H,15H2,1-5H3. The molecule has 3 rings (SSSR count). The van der Waals surface area contributed by atoms with Crippen LogP contribution in [-0.2, 0) is 26.3 Å². The zero-order valence-corrected chi connectivity index (χ0v) is 16.2. The molecule has 2 aromatic carbocycles. The van der Waals surface area contributed by atoms with E-state index in [0.717, 1.165) is 23.1 Å². The van der Waals surface area contributed by atoms with Crippen molar-refractivity contribution in [1.29, 1.82) is 0 Å². The van der Waals surface area contributed by atoms with Gasteiger partial charge in [0.25, 0.3) is 0 Å². The number of hydrogen-bond acceptors (Lipinski definition) is 4. The van der Waals surface area contributed by atoms with Gasteiger partial charge >= 0.3 is 5.97 Å². The van der Waals surface area contributed by atoms with Crippen LogP contribution in [0.15, 0.2) is 54.6 Å². The van der Waals surface area contributed by atoms with Gasteiger partial charge in [-0.1, -0.05) is 54.6 Å². The third-order valence-corrected chi connectivity index (χ3v) is 5.24. The molecule has 2 aromatic rings. The molecule has 0 N–H and O–H groups in total. The van der Waals surface area contributed by atoms with E-state index >= 15 is 0 Å². The lowest BCUT2D eigenvalue weighted by Gasteiger charge is -2.52. The first-order valence-corrected chi connectivity index (χ1v) is 8.99. The number of rotatable bonds is 4. The Kier molecular flexibility index (Phi) is 4.91. The Hall–Kier alpha value is -2.17. The summed E-state index contributed by atoms with van der Waals surface area (Å²) in [7, 11) is 1.43. The number of carbonyl (C=O) groups excluding carboxylic acids is 1. The molecule has 1 aliphatic rings. The van der Waals surface area contributed by atoms with Crippen molar-refractivity contribution in [1.82, 2.24) is 5.06 Å². The number of nitrogens with zero attached hydrogens (tertiary/aromatic N) is 1. The summed E-state index contributed by atoms with van der Waals surface area (Å²) in [5.74, 6) is -0.321. The van der Waals surface area contributed by atoms with Crippen molar-refractivity contribution in [2.24, 2.45) is 0 Å². The highest BCUT2D eigenvalue weighted by molar-refractivity contribution is 5.83. The maximum Gasteiger partial charge on any atom is 0.333 e. The van der Waals surface area contributed by atoms with Crippen LogP contribution in [0.5, 0.6) is 0 Å². The van der Waals surface area contributed by atoms with Gasteiger partial charge in [0, 0.05) is 5.54 Å². The molecule has 0 saturated heterocycles. The first kappa shape index (κ1) is 18.6. The minimum Gasteiger partial charge on any atom is -0.467 e. The summed E-state index contributed by atoms with van der Waals surface area (Å²) in [5.41, 5.74) is 1.76. The van der Waals surface area contributed by atoms with Crippen molar-refractivity contribution in [3.8, 4) is 0 Å². The van der Waals surface area contributed by atoms with E-state index in [1.807, 2.05) is 67.4 Å². The Morgan fingerprint density at radius 2 is 1.65 bits per heavy atom. The van der Waals surface area contributed by atoms with Crippen LogP contribution in [0, 0.1) is 0 Å². The lowest BCUT2D eigenvalue weighted by atomic mass is 9.76. The Balaban J connectivity index is 2.07. The second-order valence-corrected chi connectivity index (χ2v) is 7.66. The van der Waals surface area contributed by atoms with Crippen molar-refractivity contribution in [3.05, 3.63) is 71.3 Å². The number of methoxy groups -OCH3 is 1. The van der Waals surface area contributed by atoms with Crippen molar-refractivity contribution < 1.29 is 14.4 Å². The number of fused-ring (bicyclic) bond motifs is 1. The molecule has 4 heteroatoms. The summed E-state index contributed by atoms with van der Waals surface area (Å²) in [6.07, 6.45) is 0.599. The molecular formula is C22H27NO3. The van der Waals surface area contributed by atoms with Crippen molar-refractivity contribution in [2.75, 3.05) is 7.11 Å². The summed E-state index contributed by atoms with van der Waals surface area (Å²) in [5, 5.41) is 1.84. The van der Waals surface area contributed by atoms with E-state index in [2.05, 4.69) is 19.9 Å². The molecule has 0 radical (unpaired) electrons.